The number of aromatic nitrogens is 1. The molecular weight excluding hydrogens is 208 g/mol. The van der Waals surface area contributed by atoms with Crippen LogP contribution in [0.25, 0.3) is 0 Å². The molecular formula is C7H7BClNO2S. The summed E-state index contributed by atoms with van der Waals surface area (Å²) in [6, 6.07) is 0. The average Bonchev–Trinajstić information content (AvgIpc) is 2.47. The van der Waals surface area contributed by atoms with Gasteiger partial charge in [0.2, 0.25) is 0 Å². The highest BCUT2D eigenvalue weighted by Crippen LogP contribution is 2.24. The summed E-state index contributed by atoms with van der Waals surface area (Å²) >= 11 is 6.95. The normalized spacial score (nSPS) is 10.0. The molecule has 3 nitrogen and oxygen atoms in total. The molecule has 1 rings (SSSR count). The molecule has 1 heterocycles. The zero-order chi connectivity index (χ0) is 9.84. The van der Waals surface area contributed by atoms with Crippen molar-refractivity contribution in [3.05, 3.63) is 15.0 Å². The van der Waals surface area contributed by atoms with E-state index in [9.17, 15) is 4.79 Å². The Labute approximate surface area is 86.5 Å². The second-order valence-electron chi connectivity index (χ2n) is 2.15. The van der Waals surface area contributed by atoms with E-state index in [2.05, 4.69) is 4.98 Å². The molecule has 1 aromatic rings. The second kappa shape index (κ2) is 4.62. The van der Waals surface area contributed by atoms with Crippen molar-refractivity contribution in [2.24, 2.45) is 0 Å². The minimum Gasteiger partial charge on any atom is -0.461 e. The van der Waals surface area contributed by atoms with Crippen molar-refractivity contribution in [2.75, 3.05) is 6.61 Å². The molecule has 0 amide bonds. The number of thiazole rings is 1. The topological polar surface area (TPSA) is 39.2 Å². The van der Waals surface area contributed by atoms with Gasteiger partial charge in [0.05, 0.1) is 19.5 Å². The molecule has 0 saturated carbocycles. The van der Waals surface area contributed by atoms with Gasteiger partial charge in [-0.3, -0.25) is 0 Å². The van der Waals surface area contributed by atoms with Gasteiger partial charge in [-0.15, -0.1) is 11.3 Å². The first-order chi connectivity index (χ1) is 6.19. The van der Waals surface area contributed by atoms with Gasteiger partial charge in [0.15, 0.2) is 5.69 Å². The third kappa shape index (κ3) is 2.45. The van der Waals surface area contributed by atoms with Crippen LogP contribution >= 0.6 is 22.9 Å². The molecule has 0 aromatic carbocycles. The number of carbonyl (C=O) groups is 1. The van der Waals surface area contributed by atoms with Gasteiger partial charge in [0.25, 0.3) is 0 Å². The van der Waals surface area contributed by atoms with Gasteiger partial charge in [-0.2, -0.15) is 0 Å². The summed E-state index contributed by atoms with van der Waals surface area (Å²) in [5.74, 6) is -0.497. The maximum atomic E-state index is 11.2. The molecule has 0 N–H and O–H groups in total. The van der Waals surface area contributed by atoms with E-state index in [1.54, 1.807) is 6.92 Å². The van der Waals surface area contributed by atoms with Gasteiger partial charge in [-0.1, -0.05) is 11.6 Å². The zero-order valence-corrected chi connectivity index (χ0v) is 8.61. The fourth-order valence-electron chi connectivity index (χ4n) is 0.756. The first kappa shape index (κ1) is 10.5. The first-order valence-corrected chi connectivity index (χ1v) is 4.90. The predicted octanol–water partition coefficient (Wildman–Crippen LogP) is 1.64. The Morgan fingerprint density at radius 2 is 2.46 bits per heavy atom. The van der Waals surface area contributed by atoms with E-state index in [1.807, 2.05) is 0 Å². The van der Waals surface area contributed by atoms with Crippen molar-refractivity contribution in [1.29, 1.82) is 0 Å². The third-order valence-electron chi connectivity index (χ3n) is 1.27. The zero-order valence-electron chi connectivity index (χ0n) is 7.04. The van der Waals surface area contributed by atoms with Crippen molar-refractivity contribution in [3.63, 3.8) is 0 Å². The first-order valence-electron chi connectivity index (χ1n) is 3.71. The molecule has 0 bridgehead atoms. The molecule has 0 spiro atoms. The molecule has 68 valence electrons. The van der Waals surface area contributed by atoms with E-state index in [4.69, 9.17) is 24.2 Å². The van der Waals surface area contributed by atoms with Crippen molar-refractivity contribution < 1.29 is 9.53 Å². The Balaban J connectivity index is 2.87. The Bertz CT molecular complexity index is 315. The van der Waals surface area contributed by atoms with Crippen LogP contribution < -0.4 is 0 Å². The summed E-state index contributed by atoms with van der Waals surface area (Å²) in [6.07, 6.45) is 0.282. The lowest BCUT2D eigenvalue weighted by Crippen LogP contribution is -2.05. The maximum absolute atomic E-state index is 11.2. The van der Waals surface area contributed by atoms with Gasteiger partial charge in [-0.05, 0) is 13.2 Å². The lowest BCUT2D eigenvalue weighted by atomic mass is 10.1. The van der Waals surface area contributed by atoms with Crippen LogP contribution in [0, 0.1) is 0 Å². The summed E-state index contributed by atoms with van der Waals surface area (Å²) in [5.41, 5.74) is 0.161. The van der Waals surface area contributed by atoms with Crippen molar-refractivity contribution in [2.45, 2.75) is 13.2 Å². The van der Waals surface area contributed by atoms with E-state index in [1.165, 1.54) is 11.3 Å². The van der Waals surface area contributed by atoms with Gasteiger partial charge < -0.3 is 4.74 Å². The van der Waals surface area contributed by atoms with Crippen molar-refractivity contribution in [1.82, 2.24) is 4.98 Å². The van der Waals surface area contributed by atoms with Crippen LogP contribution in [0.1, 0.15) is 22.4 Å². The van der Waals surface area contributed by atoms with E-state index in [0.717, 1.165) is 0 Å². The minimum atomic E-state index is -0.497. The summed E-state index contributed by atoms with van der Waals surface area (Å²) in [6.45, 7) is 2.03. The van der Waals surface area contributed by atoms with Gasteiger partial charge >= 0.3 is 5.97 Å². The third-order valence-corrected chi connectivity index (χ3v) is 2.55. The van der Waals surface area contributed by atoms with Gasteiger partial charge in [0, 0.05) is 0 Å². The van der Waals surface area contributed by atoms with Crippen LogP contribution in [0.5, 0.6) is 0 Å². The van der Waals surface area contributed by atoms with E-state index in [0.29, 0.717) is 16.0 Å². The molecule has 0 fully saturated rings. The molecule has 0 aliphatic heterocycles. The van der Waals surface area contributed by atoms with Crippen LogP contribution in [0.4, 0.5) is 0 Å². The van der Waals surface area contributed by atoms with Crippen molar-refractivity contribution in [3.8, 4) is 0 Å². The molecule has 6 heteroatoms. The Morgan fingerprint density at radius 1 is 1.77 bits per heavy atom. The summed E-state index contributed by atoms with van der Waals surface area (Å²) in [7, 11) is 5.34. The molecule has 0 unspecified atom stereocenters. The second-order valence-corrected chi connectivity index (χ2v) is 3.84. The smallest absolute Gasteiger partial charge is 0.359 e. The number of carbonyl (C=O) groups excluding carboxylic acids is 1. The van der Waals surface area contributed by atoms with Crippen LogP contribution in [0.3, 0.4) is 0 Å². The Kier molecular flexibility index (Phi) is 3.75. The van der Waals surface area contributed by atoms with Gasteiger partial charge in [-0.25, -0.2) is 9.78 Å². The van der Waals surface area contributed by atoms with Crippen molar-refractivity contribution >= 4 is 36.8 Å². The Hall–Kier alpha value is -0.545. The lowest BCUT2D eigenvalue weighted by molar-refractivity contribution is 0.0520. The van der Waals surface area contributed by atoms with Gasteiger partial charge in [0.1, 0.15) is 4.34 Å². The van der Waals surface area contributed by atoms with Crippen LogP contribution in [-0.4, -0.2) is 25.4 Å². The average molecular weight is 215 g/mol. The highest BCUT2D eigenvalue weighted by atomic mass is 35.5. The van der Waals surface area contributed by atoms with E-state index < -0.39 is 5.97 Å². The highest BCUT2D eigenvalue weighted by molar-refractivity contribution is 7.16. The number of esters is 1. The summed E-state index contributed by atoms with van der Waals surface area (Å²) in [4.78, 5) is 15.1. The highest BCUT2D eigenvalue weighted by Gasteiger charge is 2.16. The maximum Gasteiger partial charge on any atom is 0.359 e. The minimum absolute atomic E-state index is 0.161. The van der Waals surface area contributed by atoms with Crippen LogP contribution in [0.2, 0.25) is 4.34 Å². The standard InChI is InChI=1S/C7H7BClNO2S/c1-2-12-7(11)5-6(9)13-4(3-8)10-5/h2-3H2,1H3. The fourth-order valence-corrected chi connectivity index (χ4v) is 1.80. The molecule has 0 aliphatic carbocycles. The monoisotopic (exact) mass is 215 g/mol. The molecule has 2 radical (unpaired) electrons. The predicted molar refractivity (Wildman–Crippen MR) is 52.5 cm³/mol. The number of hydrogen-bond donors (Lipinski definition) is 0. The number of rotatable bonds is 3. The Morgan fingerprint density at radius 3 is 2.92 bits per heavy atom. The van der Waals surface area contributed by atoms with Crippen LogP contribution in [-0.2, 0) is 11.1 Å². The number of nitrogens with zero attached hydrogens (tertiary/aromatic N) is 1. The largest absolute Gasteiger partial charge is 0.461 e. The molecule has 0 aliphatic rings. The molecule has 0 atom stereocenters. The van der Waals surface area contributed by atoms with E-state index >= 15 is 0 Å². The fraction of sp³-hybridized carbons (Fsp3) is 0.429. The summed E-state index contributed by atoms with van der Waals surface area (Å²) in [5, 5.41) is 0.632. The molecule has 1 aromatic heterocycles. The quantitative estimate of drug-likeness (QED) is 0.568. The lowest BCUT2D eigenvalue weighted by Gasteiger charge is -1.96. The molecule has 13 heavy (non-hydrogen) atoms. The molecule has 0 saturated heterocycles. The number of hydrogen-bond acceptors (Lipinski definition) is 4. The number of ether oxygens (including phenoxy) is 1. The summed E-state index contributed by atoms with van der Waals surface area (Å²) < 4.78 is 5.08. The van der Waals surface area contributed by atoms with Crippen LogP contribution in [0.15, 0.2) is 0 Å². The van der Waals surface area contributed by atoms with E-state index in [-0.39, 0.29) is 12.0 Å². The number of halogens is 1. The SMILES string of the molecule is [B]Cc1nc(C(=O)OCC)c(Cl)s1.